The van der Waals surface area contributed by atoms with Crippen LogP contribution in [-0.4, -0.2) is 46.8 Å². The lowest BCUT2D eigenvalue weighted by atomic mass is 10.1. The van der Waals surface area contributed by atoms with E-state index in [-0.39, 0.29) is 12.0 Å². The van der Waals surface area contributed by atoms with E-state index in [1.165, 1.54) is 28.4 Å². The molecule has 0 unspecified atom stereocenters. The van der Waals surface area contributed by atoms with Gasteiger partial charge in [0.05, 0.1) is 12.0 Å². The van der Waals surface area contributed by atoms with Crippen LogP contribution < -0.4 is 10.2 Å². The molecule has 0 bridgehead atoms. The van der Waals surface area contributed by atoms with Crippen molar-refractivity contribution in [3.05, 3.63) is 65.5 Å². The molecule has 7 nitrogen and oxygen atoms in total. The summed E-state index contributed by atoms with van der Waals surface area (Å²) in [6.07, 6.45) is 2.54. The van der Waals surface area contributed by atoms with Gasteiger partial charge in [-0.1, -0.05) is 61.1 Å². The molecule has 3 aromatic rings. The van der Waals surface area contributed by atoms with Crippen LogP contribution in [0.1, 0.15) is 42.1 Å². The number of nitrogens with zero attached hydrogens (tertiary/aromatic N) is 3. The maximum Gasteiger partial charge on any atom is 0.304 e. The molecule has 0 fully saturated rings. The van der Waals surface area contributed by atoms with Crippen molar-refractivity contribution in [2.75, 3.05) is 24.5 Å². The maximum absolute atomic E-state index is 14.2. The number of carbonyl (C=O) groups is 2. The Hall–Kier alpha value is -3.17. The molecule has 0 aliphatic carbocycles. The van der Waals surface area contributed by atoms with E-state index in [1.54, 1.807) is 12.1 Å². The van der Waals surface area contributed by atoms with Crippen LogP contribution in [0.5, 0.6) is 0 Å². The van der Waals surface area contributed by atoms with Gasteiger partial charge >= 0.3 is 5.97 Å². The minimum Gasteiger partial charge on any atom is -0.481 e. The molecule has 0 atom stereocenters. The summed E-state index contributed by atoms with van der Waals surface area (Å²) in [6, 6.07) is 13.8. The third kappa shape index (κ3) is 6.90. The molecule has 174 valence electrons. The summed E-state index contributed by atoms with van der Waals surface area (Å²) < 4.78 is 14.2. The summed E-state index contributed by atoms with van der Waals surface area (Å²) in [5, 5.41) is 21.4. The lowest BCUT2D eigenvalue weighted by Gasteiger charge is -2.19. The van der Waals surface area contributed by atoms with Gasteiger partial charge in [-0.25, -0.2) is 4.39 Å². The fourth-order valence-corrected chi connectivity index (χ4v) is 4.06. The number of aromatic nitrogens is 2. The largest absolute Gasteiger partial charge is 0.481 e. The monoisotopic (exact) mass is 470 g/mol. The first kappa shape index (κ1) is 24.5. The first-order valence-electron chi connectivity index (χ1n) is 10.9. The molecular weight excluding hydrogens is 443 g/mol. The highest BCUT2D eigenvalue weighted by atomic mass is 32.1. The first-order valence-corrected chi connectivity index (χ1v) is 11.7. The number of nitrogens with one attached hydrogen (secondary N) is 1. The molecule has 0 spiro atoms. The average molecular weight is 471 g/mol. The second-order valence-electron chi connectivity index (χ2n) is 7.52. The second-order valence-corrected chi connectivity index (χ2v) is 8.48. The Morgan fingerprint density at radius 1 is 1.09 bits per heavy atom. The predicted molar refractivity (Wildman–Crippen MR) is 127 cm³/mol. The lowest BCUT2D eigenvalue weighted by molar-refractivity contribution is -0.136. The van der Waals surface area contributed by atoms with E-state index in [1.807, 2.05) is 31.2 Å². The zero-order chi connectivity index (χ0) is 23.6. The van der Waals surface area contributed by atoms with Gasteiger partial charge in [0.1, 0.15) is 10.8 Å². The van der Waals surface area contributed by atoms with E-state index in [4.69, 9.17) is 5.11 Å². The van der Waals surface area contributed by atoms with Crippen molar-refractivity contribution in [2.45, 2.75) is 32.6 Å². The van der Waals surface area contributed by atoms with Crippen LogP contribution >= 0.6 is 11.3 Å². The zero-order valence-corrected chi connectivity index (χ0v) is 19.3. The molecule has 0 aliphatic rings. The fraction of sp³-hybridized carbons (Fsp3) is 0.333. The first-order chi connectivity index (χ1) is 16.0. The topological polar surface area (TPSA) is 95.4 Å². The molecule has 0 saturated heterocycles. The number of amides is 1. The van der Waals surface area contributed by atoms with Gasteiger partial charge in [-0.15, -0.1) is 10.2 Å². The van der Waals surface area contributed by atoms with Crippen LogP contribution in [0.4, 0.5) is 9.52 Å². The third-order valence-electron chi connectivity index (χ3n) is 5.04. The zero-order valence-electron chi connectivity index (χ0n) is 18.5. The standard InChI is InChI=1S/C24H27FN4O3S/c1-2-3-16-29(23(32)19-6-4-5-7-20(19)25)24-28-27-22(33-24)18-10-8-17(9-11-18)12-14-26-15-13-21(30)31/h4-11,26H,2-3,12-16H2,1H3,(H,30,31). The molecule has 2 aromatic carbocycles. The summed E-state index contributed by atoms with van der Waals surface area (Å²) in [6.45, 7) is 3.61. The van der Waals surface area contributed by atoms with Gasteiger partial charge in [-0.05, 0) is 37.1 Å². The molecular formula is C24H27FN4O3S. The van der Waals surface area contributed by atoms with E-state index >= 15 is 0 Å². The van der Waals surface area contributed by atoms with Crippen LogP contribution in [0.2, 0.25) is 0 Å². The minimum atomic E-state index is -0.813. The van der Waals surface area contributed by atoms with Crippen molar-refractivity contribution >= 4 is 28.3 Å². The van der Waals surface area contributed by atoms with E-state index in [0.717, 1.165) is 30.4 Å². The molecule has 1 aromatic heterocycles. The van der Waals surface area contributed by atoms with Gasteiger partial charge in [-0.3, -0.25) is 14.5 Å². The molecule has 0 radical (unpaired) electrons. The number of unbranched alkanes of at least 4 members (excludes halogenated alkanes) is 1. The van der Waals surface area contributed by atoms with Gasteiger partial charge < -0.3 is 10.4 Å². The van der Waals surface area contributed by atoms with Gasteiger partial charge in [0, 0.05) is 18.7 Å². The van der Waals surface area contributed by atoms with E-state index < -0.39 is 17.7 Å². The van der Waals surface area contributed by atoms with Gasteiger partial charge in [0.2, 0.25) is 5.13 Å². The number of anilines is 1. The smallest absolute Gasteiger partial charge is 0.304 e. The molecule has 0 aliphatic heterocycles. The Morgan fingerprint density at radius 3 is 2.55 bits per heavy atom. The maximum atomic E-state index is 14.2. The predicted octanol–water partition coefficient (Wildman–Crippen LogP) is 4.40. The Labute approximate surface area is 196 Å². The molecule has 0 saturated carbocycles. The molecule has 33 heavy (non-hydrogen) atoms. The van der Waals surface area contributed by atoms with Crippen molar-refractivity contribution in [1.82, 2.24) is 15.5 Å². The number of hydrogen-bond donors (Lipinski definition) is 2. The molecule has 9 heteroatoms. The number of aliphatic carboxylic acids is 1. The number of carboxylic acids is 1. The van der Waals surface area contributed by atoms with Crippen molar-refractivity contribution in [3.8, 4) is 10.6 Å². The quantitative estimate of drug-likeness (QED) is 0.381. The number of hydrogen-bond acceptors (Lipinski definition) is 6. The summed E-state index contributed by atoms with van der Waals surface area (Å²) in [7, 11) is 0. The van der Waals surface area contributed by atoms with Crippen LogP contribution in [0.3, 0.4) is 0 Å². The Bertz CT molecular complexity index is 1070. The van der Waals surface area contributed by atoms with Crippen molar-refractivity contribution in [1.29, 1.82) is 0 Å². The van der Waals surface area contributed by atoms with Crippen LogP contribution in [0, 0.1) is 5.82 Å². The number of rotatable bonds is 12. The van der Waals surface area contributed by atoms with Gasteiger partial charge in [0.15, 0.2) is 0 Å². The number of halogens is 1. The Morgan fingerprint density at radius 2 is 1.85 bits per heavy atom. The van der Waals surface area contributed by atoms with Crippen LogP contribution in [0.15, 0.2) is 48.5 Å². The summed E-state index contributed by atoms with van der Waals surface area (Å²) in [4.78, 5) is 25.1. The van der Waals surface area contributed by atoms with E-state index in [0.29, 0.717) is 29.8 Å². The molecule has 2 N–H and O–H groups in total. The highest BCUT2D eigenvalue weighted by molar-refractivity contribution is 7.18. The average Bonchev–Trinajstić information content (AvgIpc) is 3.29. The highest BCUT2D eigenvalue weighted by Gasteiger charge is 2.23. The molecule has 1 heterocycles. The van der Waals surface area contributed by atoms with Crippen LogP contribution in [0.25, 0.3) is 10.6 Å². The SMILES string of the molecule is CCCCN(C(=O)c1ccccc1F)c1nnc(-c2ccc(CCNCCC(=O)O)cc2)s1. The van der Waals surface area contributed by atoms with Crippen molar-refractivity contribution in [2.24, 2.45) is 0 Å². The Kier molecular flexibility index (Phi) is 9.03. The van der Waals surface area contributed by atoms with Gasteiger partial charge in [0.25, 0.3) is 5.91 Å². The van der Waals surface area contributed by atoms with E-state index in [9.17, 15) is 14.0 Å². The highest BCUT2D eigenvalue weighted by Crippen LogP contribution is 2.30. The fourth-order valence-electron chi connectivity index (χ4n) is 3.19. The summed E-state index contributed by atoms with van der Waals surface area (Å²) >= 11 is 1.30. The second kappa shape index (κ2) is 12.2. The number of carbonyl (C=O) groups excluding carboxylic acids is 1. The number of benzene rings is 2. The number of carboxylic acid groups (broad SMARTS) is 1. The lowest BCUT2D eigenvalue weighted by Crippen LogP contribution is -2.32. The van der Waals surface area contributed by atoms with Crippen molar-refractivity contribution in [3.63, 3.8) is 0 Å². The molecule has 1 amide bonds. The van der Waals surface area contributed by atoms with Crippen LogP contribution in [-0.2, 0) is 11.2 Å². The Balaban J connectivity index is 1.69. The normalized spacial score (nSPS) is 10.8. The van der Waals surface area contributed by atoms with Crippen molar-refractivity contribution < 1.29 is 19.1 Å². The molecule has 3 rings (SSSR count). The summed E-state index contributed by atoms with van der Waals surface area (Å²) in [5.74, 6) is -1.79. The summed E-state index contributed by atoms with van der Waals surface area (Å²) in [5.41, 5.74) is 2.02. The van der Waals surface area contributed by atoms with Gasteiger partial charge in [-0.2, -0.15) is 0 Å². The minimum absolute atomic E-state index is 0.0201. The third-order valence-corrected chi connectivity index (χ3v) is 6.03. The van der Waals surface area contributed by atoms with E-state index in [2.05, 4.69) is 15.5 Å².